The summed E-state index contributed by atoms with van der Waals surface area (Å²) in [4.78, 5) is 27.1. The molecule has 1 heterocycles. The highest BCUT2D eigenvalue weighted by Gasteiger charge is 2.58. The lowest BCUT2D eigenvalue weighted by molar-refractivity contribution is -0.141. The van der Waals surface area contributed by atoms with Crippen LogP contribution in [0.4, 0.5) is 0 Å². The highest BCUT2D eigenvalue weighted by Crippen LogP contribution is 2.66. The Morgan fingerprint density at radius 2 is 1.85 bits per heavy atom. The Hall–Kier alpha value is -1.13. The van der Waals surface area contributed by atoms with Gasteiger partial charge in [0.2, 0.25) is 0 Å². The third-order valence-corrected chi connectivity index (χ3v) is 10.3. The lowest BCUT2D eigenvalue weighted by Gasteiger charge is -2.59. The molecule has 0 aromatic heterocycles. The number of hydrogen-bond acceptors (Lipinski definition) is 4. The maximum absolute atomic E-state index is 12.5. The largest absolute Gasteiger partial charge is 0.431 e. The van der Waals surface area contributed by atoms with E-state index in [-0.39, 0.29) is 29.6 Å². The number of halogens is 1. The van der Waals surface area contributed by atoms with E-state index < -0.39 is 0 Å². The van der Waals surface area contributed by atoms with Crippen molar-refractivity contribution in [2.45, 2.75) is 85.0 Å². The Bertz CT molecular complexity index is 844. The summed E-state index contributed by atoms with van der Waals surface area (Å²) >= 11 is 0. The van der Waals surface area contributed by atoms with Crippen LogP contribution in [0.2, 0.25) is 0 Å². The first-order valence-corrected chi connectivity index (χ1v) is 13.2. The molecule has 1 unspecified atom stereocenters. The molecule has 33 heavy (non-hydrogen) atoms. The van der Waals surface area contributed by atoms with Crippen molar-refractivity contribution in [3.63, 3.8) is 0 Å². The van der Waals surface area contributed by atoms with Gasteiger partial charge in [-0.2, -0.15) is 0 Å². The third-order valence-electron chi connectivity index (χ3n) is 10.3. The summed E-state index contributed by atoms with van der Waals surface area (Å²) in [5.74, 6) is 3.76. The third kappa shape index (κ3) is 4.35. The van der Waals surface area contributed by atoms with Gasteiger partial charge in [0.1, 0.15) is 5.76 Å². The van der Waals surface area contributed by atoms with Crippen LogP contribution in [0.5, 0.6) is 0 Å². The summed E-state index contributed by atoms with van der Waals surface area (Å²) in [6.07, 6.45) is 15.5. The van der Waals surface area contributed by atoms with Gasteiger partial charge in [-0.15, -0.1) is 12.4 Å². The summed E-state index contributed by atoms with van der Waals surface area (Å²) in [6.45, 7) is 9.72. The van der Waals surface area contributed by atoms with Crippen LogP contribution in [-0.2, 0) is 14.3 Å². The van der Waals surface area contributed by atoms with Gasteiger partial charge >= 0.3 is 5.97 Å². The minimum absolute atomic E-state index is 0. The summed E-state index contributed by atoms with van der Waals surface area (Å²) < 4.78 is 5.86. The van der Waals surface area contributed by atoms with Gasteiger partial charge in [-0.05, 0) is 118 Å². The maximum Gasteiger partial charge on any atom is 0.312 e. The monoisotopic (exact) mass is 475 g/mol. The van der Waals surface area contributed by atoms with Gasteiger partial charge < -0.3 is 9.64 Å². The number of ketones is 1. The molecule has 1 aliphatic heterocycles. The van der Waals surface area contributed by atoms with Crippen LogP contribution in [0, 0.1) is 34.5 Å². The number of nitrogens with zero attached hydrogens (tertiary/aromatic N) is 1. The van der Waals surface area contributed by atoms with E-state index in [9.17, 15) is 9.59 Å². The van der Waals surface area contributed by atoms with Crippen molar-refractivity contribution in [2.75, 3.05) is 19.6 Å². The average molecular weight is 476 g/mol. The first kappa shape index (κ1) is 25.0. The van der Waals surface area contributed by atoms with Gasteiger partial charge in [-0.3, -0.25) is 9.59 Å². The molecule has 1 saturated heterocycles. The van der Waals surface area contributed by atoms with Crippen molar-refractivity contribution in [1.82, 2.24) is 4.90 Å². The molecule has 0 amide bonds. The second kappa shape index (κ2) is 9.49. The van der Waals surface area contributed by atoms with E-state index in [2.05, 4.69) is 30.9 Å². The fourth-order valence-electron chi connectivity index (χ4n) is 8.48. The molecule has 3 fully saturated rings. The molecule has 6 atom stereocenters. The van der Waals surface area contributed by atoms with Crippen molar-refractivity contribution in [3.8, 4) is 0 Å². The van der Waals surface area contributed by atoms with Crippen molar-refractivity contribution in [1.29, 1.82) is 0 Å². The van der Waals surface area contributed by atoms with Crippen LogP contribution in [0.15, 0.2) is 23.5 Å². The molecule has 0 aromatic rings. The highest BCUT2D eigenvalue weighted by molar-refractivity contribution is 5.95. The van der Waals surface area contributed by atoms with Crippen LogP contribution in [0.3, 0.4) is 0 Å². The highest BCUT2D eigenvalue weighted by atomic mass is 35.5. The predicted octanol–water partition coefficient (Wildman–Crippen LogP) is 6.10. The summed E-state index contributed by atoms with van der Waals surface area (Å²) in [6, 6.07) is 0. The van der Waals surface area contributed by atoms with E-state index in [0.29, 0.717) is 23.7 Å². The van der Waals surface area contributed by atoms with Crippen LogP contribution in [0.25, 0.3) is 0 Å². The van der Waals surface area contributed by atoms with Crippen molar-refractivity contribution < 1.29 is 14.3 Å². The number of ether oxygens (including phenoxy) is 1. The summed E-state index contributed by atoms with van der Waals surface area (Å²) in [5.41, 5.74) is 1.51. The van der Waals surface area contributed by atoms with E-state index in [1.54, 1.807) is 6.92 Å². The molecule has 5 rings (SSSR count). The van der Waals surface area contributed by atoms with Gasteiger partial charge in [0.25, 0.3) is 0 Å². The number of carbonyl (C=O) groups is 2. The normalized spacial score (nSPS) is 40.0. The molecule has 4 nitrogen and oxygen atoms in total. The Labute approximate surface area is 206 Å². The molecule has 0 spiro atoms. The van der Waals surface area contributed by atoms with Crippen LogP contribution < -0.4 is 0 Å². The van der Waals surface area contributed by atoms with Gasteiger partial charge in [-0.1, -0.05) is 19.9 Å². The predicted molar refractivity (Wildman–Crippen MR) is 133 cm³/mol. The first-order valence-electron chi connectivity index (χ1n) is 13.2. The maximum atomic E-state index is 12.5. The Kier molecular flexibility index (Phi) is 7.18. The van der Waals surface area contributed by atoms with E-state index in [0.717, 1.165) is 68.5 Å². The molecule has 2 saturated carbocycles. The molecule has 0 N–H and O–H groups in total. The zero-order valence-electron chi connectivity index (χ0n) is 20.7. The number of allylic oxidation sites excluding steroid dienone is 4. The van der Waals surface area contributed by atoms with Gasteiger partial charge in [0, 0.05) is 13.0 Å². The van der Waals surface area contributed by atoms with Crippen molar-refractivity contribution in [3.05, 3.63) is 23.5 Å². The van der Waals surface area contributed by atoms with Gasteiger partial charge in [0.05, 0.1) is 6.42 Å². The molecule has 184 valence electrons. The smallest absolute Gasteiger partial charge is 0.312 e. The molecule has 4 aliphatic carbocycles. The standard InChI is InChI=1S/C28H41NO3.ClH/c1-19(30)23-8-9-24-22-7-6-20-18-21(32-26(31)12-17-29-15-4-5-16-29)10-13-27(20,2)25(22)11-14-28(23,24)3;/h8,18,20,22,24-25H,4-7,9-17H2,1-3H3;1H/t20?,22-,24-,25-,27-,28+;/m0./s1. The van der Waals surface area contributed by atoms with Gasteiger partial charge in [-0.25, -0.2) is 0 Å². The van der Waals surface area contributed by atoms with Gasteiger partial charge in [0.15, 0.2) is 5.78 Å². The van der Waals surface area contributed by atoms with E-state index in [4.69, 9.17) is 4.74 Å². The average Bonchev–Trinajstić information content (AvgIpc) is 3.39. The second-order valence-corrected chi connectivity index (χ2v) is 11.8. The molecular weight excluding hydrogens is 434 g/mol. The molecule has 5 aliphatic rings. The Morgan fingerprint density at radius 1 is 1.09 bits per heavy atom. The van der Waals surface area contributed by atoms with Crippen LogP contribution in [-0.4, -0.2) is 36.3 Å². The number of fused-ring (bicyclic) bond motifs is 5. The van der Waals surface area contributed by atoms with E-state index >= 15 is 0 Å². The van der Waals surface area contributed by atoms with Crippen molar-refractivity contribution >= 4 is 24.2 Å². The Morgan fingerprint density at radius 3 is 2.58 bits per heavy atom. The number of esters is 1. The lowest BCUT2D eigenvalue weighted by atomic mass is 9.45. The fraction of sp³-hybridized carbons (Fsp3) is 0.786. The zero-order valence-corrected chi connectivity index (χ0v) is 21.6. The quantitative estimate of drug-likeness (QED) is 0.451. The number of Topliss-reactive ketones (excluding diaryl/α,β-unsaturated/α-hetero) is 1. The number of likely N-dealkylation sites (tertiary alicyclic amines) is 1. The zero-order chi connectivity index (χ0) is 22.5. The SMILES string of the molecule is CC(=O)C1=CC[C@H]2[C@@H]3CCC4C=C(OC(=O)CCN5CCCC5)CC[C@]4(C)[C@H]3CC[C@]12C.Cl. The first-order chi connectivity index (χ1) is 15.3. The topological polar surface area (TPSA) is 46.6 Å². The van der Waals surface area contributed by atoms with Crippen molar-refractivity contribution in [2.24, 2.45) is 34.5 Å². The summed E-state index contributed by atoms with van der Waals surface area (Å²) in [5, 5.41) is 0. The minimum atomic E-state index is -0.0531. The molecule has 0 bridgehead atoms. The Balaban J connectivity index is 0.00000259. The number of rotatable bonds is 5. The molecule has 0 aromatic carbocycles. The van der Waals surface area contributed by atoms with Crippen LogP contribution >= 0.6 is 12.4 Å². The fourth-order valence-corrected chi connectivity index (χ4v) is 8.48. The molecular formula is C28H42ClNO3. The number of carbonyl (C=O) groups excluding carboxylic acids is 2. The molecule has 0 radical (unpaired) electrons. The van der Waals surface area contributed by atoms with E-state index in [1.165, 1.54) is 32.1 Å². The number of hydrogen-bond donors (Lipinski definition) is 0. The van der Waals surface area contributed by atoms with Crippen LogP contribution in [0.1, 0.15) is 85.0 Å². The second-order valence-electron chi connectivity index (χ2n) is 11.8. The lowest BCUT2D eigenvalue weighted by Crippen LogP contribution is -2.52. The van der Waals surface area contributed by atoms with E-state index in [1.807, 2.05) is 0 Å². The summed E-state index contributed by atoms with van der Waals surface area (Å²) in [7, 11) is 0. The molecule has 5 heteroatoms. The minimum Gasteiger partial charge on any atom is -0.431 e.